The van der Waals surface area contributed by atoms with E-state index in [0.717, 1.165) is 12.8 Å². The molecule has 0 radical (unpaired) electrons. The molecule has 0 spiro atoms. The summed E-state index contributed by atoms with van der Waals surface area (Å²) in [6, 6.07) is 8.18. The van der Waals surface area contributed by atoms with Crippen LogP contribution in [0.1, 0.15) is 72.3 Å². The largest absolute Gasteiger partial charge is 0.320 e. The molecule has 2 atom stereocenters. The Labute approximate surface area is 198 Å². The fourth-order valence-corrected chi connectivity index (χ4v) is 3.62. The standard InChI is InChI=1S/C25H42N4O4/c1-18(2)15-16-23(30)29(28(17-19(3)4)25(32)20(5)26)22(24(31)27-33)14-10-9-13-21-11-7-6-8-12-21/h6-8,11-12,18-20,22,33H,9-10,13-17,26H2,1-5H3,(H,27,31)/t20-,22?/m1/s1. The molecule has 1 aromatic carbocycles. The smallest absolute Gasteiger partial charge is 0.268 e. The van der Waals surface area contributed by atoms with E-state index in [-0.39, 0.29) is 30.7 Å². The van der Waals surface area contributed by atoms with Crippen LogP contribution in [0.25, 0.3) is 0 Å². The molecule has 0 aliphatic heterocycles. The first-order valence-corrected chi connectivity index (χ1v) is 11.9. The number of hydrazine groups is 1. The van der Waals surface area contributed by atoms with E-state index >= 15 is 0 Å². The zero-order valence-electron chi connectivity index (χ0n) is 20.8. The van der Waals surface area contributed by atoms with Crippen LogP contribution in [0.5, 0.6) is 0 Å². The molecular weight excluding hydrogens is 420 g/mol. The van der Waals surface area contributed by atoms with Gasteiger partial charge in [0.15, 0.2) is 0 Å². The van der Waals surface area contributed by atoms with Gasteiger partial charge in [-0.1, -0.05) is 64.4 Å². The van der Waals surface area contributed by atoms with Crippen molar-refractivity contribution in [3.63, 3.8) is 0 Å². The molecule has 0 bridgehead atoms. The van der Waals surface area contributed by atoms with Crippen molar-refractivity contribution in [1.29, 1.82) is 0 Å². The Bertz CT molecular complexity index is 737. The first-order valence-electron chi connectivity index (χ1n) is 11.9. The molecule has 186 valence electrons. The van der Waals surface area contributed by atoms with Crippen LogP contribution in [0.2, 0.25) is 0 Å². The van der Waals surface area contributed by atoms with Crippen LogP contribution in [0, 0.1) is 11.8 Å². The summed E-state index contributed by atoms with van der Waals surface area (Å²) in [4.78, 5) is 39.1. The number of carbonyl (C=O) groups is 3. The number of unbranched alkanes of at least 4 members (excludes halogenated alkanes) is 1. The van der Waals surface area contributed by atoms with E-state index < -0.39 is 23.9 Å². The summed E-state index contributed by atoms with van der Waals surface area (Å²) >= 11 is 0. The molecule has 0 heterocycles. The summed E-state index contributed by atoms with van der Waals surface area (Å²) < 4.78 is 0. The van der Waals surface area contributed by atoms with Gasteiger partial charge in [0.05, 0.1) is 6.04 Å². The SMILES string of the molecule is CC(C)CCC(=O)N(C(CCCCc1ccccc1)C(=O)NO)N(CC(C)C)C(=O)[C@@H](C)N. The van der Waals surface area contributed by atoms with Crippen molar-refractivity contribution >= 4 is 17.7 Å². The summed E-state index contributed by atoms with van der Waals surface area (Å²) in [5.74, 6) is -1.13. The minimum absolute atomic E-state index is 0.0454. The molecule has 0 fully saturated rings. The highest BCUT2D eigenvalue weighted by Crippen LogP contribution is 2.20. The molecule has 0 saturated heterocycles. The number of benzene rings is 1. The van der Waals surface area contributed by atoms with Crippen molar-refractivity contribution in [2.75, 3.05) is 6.54 Å². The zero-order valence-corrected chi connectivity index (χ0v) is 20.8. The van der Waals surface area contributed by atoms with Crippen LogP contribution in [-0.2, 0) is 20.8 Å². The number of hydroxylamine groups is 1. The molecule has 1 rings (SSSR count). The third-order valence-corrected chi connectivity index (χ3v) is 5.38. The number of hydrogen-bond donors (Lipinski definition) is 3. The van der Waals surface area contributed by atoms with Crippen molar-refractivity contribution in [2.45, 2.75) is 85.2 Å². The van der Waals surface area contributed by atoms with Gasteiger partial charge in [0.25, 0.3) is 11.8 Å². The lowest BCUT2D eigenvalue weighted by atomic mass is 10.0. The van der Waals surface area contributed by atoms with Crippen LogP contribution < -0.4 is 11.2 Å². The molecule has 33 heavy (non-hydrogen) atoms. The summed E-state index contributed by atoms with van der Waals surface area (Å²) in [6.45, 7) is 9.69. The molecule has 8 heteroatoms. The van der Waals surface area contributed by atoms with Crippen LogP contribution in [0.3, 0.4) is 0 Å². The number of rotatable bonds is 13. The maximum absolute atomic E-state index is 13.3. The normalized spacial score (nSPS) is 13.0. The fourth-order valence-electron chi connectivity index (χ4n) is 3.62. The van der Waals surface area contributed by atoms with Crippen LogP contribution in [0.15, 0.2) is 30.3 Å². The van der Waals surface area contributed by atoms with Gasteiger partial charge in [0.1, 0.15) is 6.04 Å². The number of amides is 3. The second-order valence-electron chi connectivity index (χ2n) is 9.50. The van der Waals surface area contributed by atoms with Crippen molar-refractivity contribution in [1.82, 2.24) is 15.5 Å². The molecular formula is C25H42N4O4. The van der Waals surface area contributed by atoms with Gasteiger partial charge >= 0.3 is 0 Å². The quantitative estimate of drug-likeness (QED) is 0.236. The van der Waals surface area contributed by atoms with Crippen LogP contribution in [0.4, 0.5) is 0 Å². The highest BCUT2D eigenvalue weighted by atomic mass is 16.5. The van der Waals surface area contributed by atoms with Gasteiger partial charge in [0, 0.05) is 13.0 Å². The first kappa shape index (κ1) is 28.6. The zero-order chi connectivity index (χ0) is 25.0. The number of nitrogens with zero attached hydrogens (tertiary/aromatic N) is 2. The van der Waals surface area contributed by atoms with E-state index in [4.69, 9.17) is 5.73 Å². The molecule has 0 aliphatic carbocycles. The van der Waals surface area contributed by atoms with Crippen molar-refractivity contribution in [3.8, 4) is 0 Å². The maximum Gasteiger partial charge on any atom is 0.268 e. The number of aryl methyl sites for hydroxylation is 1. The van der Waals surface area contributed by atoms with E-state index in [0.29, 0.717) is 19.3 Å². The van der Waals surface area contributed by atoms with E-state index in [1.54, 1.807) is 12.4 Å². The lowest BCUT2D eigenvalue weighted by molar-refractivity contribution is -0.176. The van der Waals surface area contributed by atoms with Gasteiger partial charge in [-0.3, -0.25) is 19.6 Å². The van der Waals surface area contributed by atoms with E-state index in [1.165, 1.54) is 15.6 Å². The third-order valence-electron chi connectivity index (χ3n) is 5.38. The topological polar surface area (TPSA) is 116 Å². The first-order chi connectivity index (χ1) is 15.6. The highest BCUT2D eigenvalue weighted by molar-refractivity contribution is 5.90. The molecule has 0 saturated carbocycles. The molecule has 1 unspecified atom stereocenters. The van der Waals surface area contributed by atoms with E-state index in [1.807, 2.05) is 58.0 Å². The van der Waals surface area contributed by atoms with Gasteiger partial charge in [-0.05, 0) is 50.0 Å². The van der Waals surface area contributed by atoms with Crippen LogP contribution >= 0.6 is 0 Å². The van der Waals surface area contributed by atoms with Gasteiger partial charge in [-0.25, -0.2) is 15.5 Å². The van der Waals surface area contributed by atoms with Crippen molar-refractivity contribution < 1.29 is 19.6 Å². The summed E-state index contributed by atoms with van der Waals surface area (Å²) in [5, 5.41) is 12.0. The summed E-state index contributed by atoms with van der Waals surface area (Å²) in [6.07, 6.45) is 3.41. The number of nitrogens with two attached hydrogens (primary N) is 1. The van der Waals surface area contributed by atoms with Crippen molar-refractivity contribution in [2.24, 2.45) is 17.6 Å². The summed E-state index contributed by atoms with van der Waals surface area (Å²) in [5.41, 5.74) is 8.78. The number of nitrogens with one attached hydrogen (secondary N) is 1. The lowest BCUT2D eigenvalue weighted by Gasteiger charge is -2.41. The highest BCUT2D eigenvalue weighted by Gasteiger charge is 2.37. The third kappa shape index (κ3) is 9.92. The number of carbonyl (C=O) groups excluding carboxylic acids is 3. The van der Waals surface area contributed by atoms with Gasteiger partial charge in [-0.15, -0.1) is 0 Å². The Balaban J connectivity index is 3.17. The average Bonchev–Trinajstić information content (AvgIpc) is 2.77. The summed E-state index contributed by atoms with van der Waals surface area (Å²) in [7, 11) is 0. The van der Waals surface area contributed by atoms with Gasteiger partial charge < -0.3 is 5.73 Å². The Morgan fingerprint density at radius 2 is 1.61 bits per heavy atom. The minimum Gasteiger partial charge on any atom is -0.320 e. The molecule has 4 N–H and O–H groups in total. The Hall–Kier alpha value is -2.45. The Morgan fingerprint density at radius 3 is 2.12 bits per heavy atom. The molecule has 3 amide bonds. The second kappa shape index (κ2) is 14.6. The predicted molar refractivity (Wildman–Crippen MR) is 129 cm³/mol. The number of hydrogen-bond acceptors (Lipinski definition) is 5. The average molecular weight is 463 g/mol. The van der Waals surface area contributed by atoms with Crippen molar-refractivity contribution in [3.05, 3.63) is 35.9 Å². The lowest BCUT2D eigenvalue weighted by Crippen LogP contribution is -2.61. The molecule has 0 aromatic heterocycles. The minimum atomic E-state index is -1.01. The van der Waals surface area contributed by atoms with E-state index in [9.17, 15) is 19.6 Å². The molecule has 0 aliphatic rings. The monoisotopic (exact) mass is 462 g/mol. The molecule has 8 nitrogen and oxygen atoms in total. The van der Waals surface area contributed by atoms with E-state index in [2.05, 4.69) is 0 Å². The van der Waals surface area contributed by atoms with Gasteiger partial charge in [-0.2, -0.15) is 0 Å². The van der Waals surface area contributed by atoms with Crippen LogP contribution in [-0.4, -0.2) is 51.6 Å². The maximum atomic E-state index is 13.3. The molecule has 1 aromatic rings. The predicted octanol–water partition coefficient (Wildman–Crippen LogP) is 3.29. The second-order valence-corrected chi connectivity index (χ2v) is 9.50. The Morgan fingerprint density at radius 1 is 0.970 bits per heavy atom. The Kier molecular flexibility index (Phi) is 12.7. The fraction of sp³-hybridized carbons (Fsp3) is 0.640. The van der Waals surface area contributed by atoms with Gasteiger partial charge in [0.2, 0.25) is 5.91 Å².